The van der Waals surface area contributed by atoms with Crippen molar-refractivity contribution in [3.05, 3.63) is 23.8 Å². The average Bonchev–Trinajstić information content (AvgIpc) is 2.41. The number of benzene rings is 1. The number of hydrogen-bond acceptors (Lipinski definition) is 3. The molecule has 0 radical (unpaired) electrons. The van der Waals surface area contributed by atoms with E-state index in [0.717, 1.165) is 17.1 Å². The molecule has 20 heavy (non-hydrogen) atoms. The quantitative estimate of drug-likeness (QED) is 0.815. The van der Waals surface area contributed by atoms with Gasteiger partial charge in [-0.2, -0.15) is 0 Å². The molecule has 0 saturated carbocycles. The van der Waals surface area contributed by atoms with E-state index in [1.165, 1.54) is 0 Å². The van der Waals surface area contributed by atoms with Crippen molar-refractivity contribution in [3.8, 4) is 11.5 Å². The summed E-state index contributed by atoms with van der Waals surface area (Å²) in [6.45, 7) is 6.96. The summed E-state index contributed by atoms with van der Waals surface area (Å²) >= 11 is 0. The van der Waals surface area contributed by atoms with Gasteiger partial charge < -0.3 is 14.8 Å². The van der Waals surface area contributed by atoms with Gasteiger partial charge in [-0.1, -0.05) is 26.8 Å². The lowest BCUT2D eigenvalue weighted by Crippen LogP contribution is -2.18. The van der Waals surface area contributed by atoms with Gasteiger partial charge in [0.05, 0.1) is 13.7 Å². The molecule has 0 fully saturated rings. The van der Waals surface area contributed by atoms with Crippen molar-refractivity contribution in [2.75, 3.05) is 20.8 Å². The van der Waals surface area contributed by atoms with E-state index in [1.807, 2.05) is 18.2 Å². The summed E-state index contributed by atoms with van der Waals surface area (Å²) in [7, 11) is 3.30. The van der Waals surface area contributed by atoms with Gasteiger partial charge in [-0.25, -0.2) is 0 Å². The molecule has 0 aromatic heterocycles. The first kappa shape index (κ1) is 16.3. The largest absolute Gasteiger partial charge is 0.496 e. The lowest BCUT2D eigenvalue weighted by Gasteiger charge is -2.22. The topological polar surface area (TPSA) is 47.6 Å². The summed E-state index contributed by atoms with van der Waals surface area (Å²) < 4.78 is 11.1. The maximum atomic E-state index is 11.1. The Balaban J connectivity index is 2.62. The second kappa shape index (κ2) is 7.17. The number of amides is 1. The molecule has 4 heteroatoms. The number of carbonyl (C=O) groups excluding carboxylic acids is 1. The molecule has 0 bridgehead atoms. The molecule has 112 valence electrons. The Kier molecular flexibility index (Phi) is 5.86. The Morgan fingerprint density at radius 1 is 1.30 bits per heavy atom. The minimum atomic E-state index is 0.0308. The van der Waals surface area contributed by atoms with Crippen molar-refractivity contribution < 1.29 is 14.3 Å². The minimum absolute atomic E-state index is 0.0308. The van der Waals surface area contributed by atoms with Gasteiger partial charge in [0.15, 0.2) is 0 Å². The van der Waals surface area contributed by atoms with Crippen LogP contribution in [0, 0.1) is 0 Å². The zero-order chi connectivity index (χ0) is 15.2. The lowest BCUT2D eigenvalue weighted by molar-refractivity contribution is -0.120. The lowest BCUT2D eigenvalue weighted by atomic mass is 9.86. The Hall–Kier alpha value is -1.71. The fourth-order valence-corrected chi connectivity index (χ4v) is 1.93. The van der Waals surface area contributed by atoms with Crippen LogP contribution in [0.25, 0.3) is 0 Å². The number of nitrogens with one attached hydrogen (secondary N) is 1. The Morgan fingerprint density at radius 3 is 2.55 bits per heavy atom. The van der Waals surface area contributed by atoms with E-state index in [-0.39, 0.29) is 11.3 Å². The van der Waals surface area contributed by atoms with Crippen LogP contribution in [0.15, 0.2) is 18.2 Å². The van der Waals surface area contributed by atoms with Gasteiger partial charge >= 0.3 is 0 Å². The highest BCUT2D eigenvalue weighted by atomic mass is 16.5. The summed E-state index contributed by atoms with van der Waals surface area (Å²) in [6.07, 6.45) is 1.18. The van der Waals surface area contributed by atoms with Crippen molar-refractivity contribution in [1.29, 1.82) is 0 Å². The molecular weight excluding hydrogens is 254 g/mol. The van der Waals surface area contributed by atoms with Gasteiger partial charge in [0.2, 0.25) is 5.91 Å². The van der Waals surface area contributed by atoms with E-state index in [4.69, 9.17) is 9.47 Å². The van der Waals surface area contributed by atoms with Crippen molar-refractivity contribution in [2.24, 2.45) is 0 Å². The fourth-order valence-electron chi connectivity index (χ4n) is 1.93. The molecule has 0 atom stereocenters. The van der Waals surface area contributed by atoms with Crippen LogP contribution in [0.1, 0.15) is 39.2 Å². The molecule has 0 aliphatic rings. The van der Waals surface area contributed by atoms with Gasteiger partial charge in [0.25, 0.3) is 0 Å². The predicted molar refractivity (Wildman–Crippen MR) is 80.5 cm³/mol. The zero-order valence-corrected chi connectivity index (χ0v) is 13.1. The van der Waals surface area contributed by atoms with Crippen molar-refractivity contribution >= 4 is 5.91 Å². The van der Waals surface area contributed by atoms with Gasteiger partial charge in [0, 0.05) is 19.5 Å². The molecule has 1 aromatic carbocycles. The molecule has 0 heterocycles. The van der Waals surface area contributed by atoms with Crippen molar-refractivity contribution in [1.82, 2.24) is 5.32 Å². The second-order valence-corrected chi connectivity index (χ2v) is 5.74. The number of rotatable bonds is 6. The third-order valence-corrected chi connectivity index (χ3v) is 3.08. The summed E-state index contributed by atoms with van der Waals surface area (Å²) in [5, 5.41) is 2.59. The van der Waals surface area contributed by atoms with Crippen LogP contribution in [-0.4, -0.2) is 26.7 Å². The monoisotopic (exact) mass is 279 g/mol. The smallest absolute Gasteiger partial charge is 0.219 e. The third kappa shape index (κ3) is 4.76. The average molecular weight is 279 g/mol. The van der Waals surface area contributed by atoms with E-state index in [9.17, 15) is 4.79 Å². The van der Waals surface area contributed by atoms with Crippen molar-refractivity contribution in [2.45, 2.75) is 39.0 Å². The van der Waals surface area contributed by atoms with Crippen molar-refractivity contribution in [3.63, 3.8) is 0 Å². The Labute approximate surface area is 121 Å². The maximum Gasteiger partial charge on any atom is 0.219 e. The highest BCUT2D eigenvalue weighted by Crippen LogP contribution is 2.33. The van der Waals surface area contributed by atoms with Gasteiger partial charge in [-0.05, 0) is 23.5 Å². The van der Waals surface area contributed by atoms with Crippen LogP contribution in [0.4, 0.5) is 0 Å². The van der Waals surface area contributed by atoms with E-state index in [2.05, 4.69) is 26.1 Å². The number of hydrogen-bond donors (Lipinski definition) is 1. The van der Waals surface area contributed by atoms with Crippen LogP contribution in [0.3, 0.4) is 0 Å². The molecule has 1 N–H and O–H groups in total. The van der Waals surface area contributed by atoms with Crippen LogP contribution in [0.2, 0.25) is 0 Å². The molecule has 1 aromatic rings. The molecule has 0 saturated heterocycles. The van der Waals surface area contributed by atoms with Gasteiger partial charge in [0.1, 0.15) is 11.5 Å². The standard InChI is InChI=1S/C16H25NO3/c1-16(2,3)13-9-8-12(11-14(13)19-5)20-10-6-7-15(18)17-4/h8-9,11H,6-7,10H2,1-5H3,(H,17,18). The SMILES string of the molecule is CNC(=O)CCCOc1ccc(C(C)(C)C)c(OC)c1. The predicted octanol–water partition coefficient (Wildman–Crippen LogP) is 2.90. The maximum absolute atomic E-state index is 11.1. The molecule has 0 spiro atoms. The molecule has 0 unspecified atom stereocenters. The first-order valence-electron chi connectivity index (χ1n) is 6.90. The first-order valence-corrected chi connectivity index (χ1v) is 6.90. The summed E-state index contributed by atoms with van der Waals surface area (Å²) in [6, 6.07) is 5.89. The molecule has 0 aliphatic carbocycles. The van der Waals surface area contributed by atoms with E-state index in [1.54, 1.807) is 14.2 Å². The normalized spacial score (nSPS) is 11.1. The van der Waals surface area contributed by atoms with Crippen LogP contribution in [0.5, 0.6) is 11.5 Å². The number of methoxy groups -OCH3 is 1. The first-order chi connectivity index (χ1) is 9.38. The number of ether oxygens (including phenoxy) is 2. The molecule has 1 rings (SSSR count). The zero-order valence-electron chi connectivity index (χ0n) is 13.1. The third-order valence-electron chi connectivity index (χ3n) is 3.08. The summed E-state index contributed by atoms with van der Waals surface area (Å²) in [4.78, 5) is 11.1. The molecular formula is C16H25NO3. The van der Waals surface area contributed by atoms with E-state index in [0.29, 0.717) is 19.4 Å². The van der Waals surface area contributed by atoms with Crippen LogP contribution < -0.4 is 14.8 Å². The molecule has 0 aliphatic heterocycles. The fraction of sp³-hybridized carbons (Fsp3) is 0.562. The number of carbonyl (C=O) groups is 1. The van der Waals surface area contributed by atoms with E-state index < -0.39 is 0 Å². The van der Waals surface area contributed by atoms with Crippen LogP contribution in [-0.2, 0) is 10.2 Å². The highest BCUT2D eigenvalue weighted by Gasteiger charge is 2.19. The van der Waals surface area contributed by atoms with E-state index >= 15 is 0 Å². The van der Waals surface area contributed by atoms with Gasteiger partial charge in [-0.3, -0.25) is 4.79 Å². The minimum Gasteiger partial charge on any atom is -0.496 e. The van der Waals surface area contributed by atoms with Crippen LogP contribution >= 0.6 is 0 Å². The Morgan fingerprint density at radius 2 is 2.00 bits per heavy atom. The molecule has 4 nitrogen and oxygen atoms in total. The highest BCUT2D eigenvalue weighted by molar-refractivity contribution is 5.75. The second-order valence-electron chi connectivity index (χ2n) is 5.74. The van der Waals surface area contributed by atoms with Gasteiger partial charge in [-0.15, -0.1) is 0 Å². The molecule has 1 amide bonds. The Bertz CT molecular complexity index is 450. The summed E-state index contributed by atoms with van der Waals surface area (Å²) in [5.41, 5.74) is 1.18. The summed E-state index contributed by atoms with van der Waals surface area (Å²) in [5.74, 6) is 1.64.